The van der Waals surface area contributed by atoms with Gasteiger partial charge in [0.1, 0.15) is 0 Å². The molecule has 6 heteroatoms. The number of fused-ring (bicyclic) bond motifs is 2. The lowest BCUT2D eigenvalue weighted by molar-refractivity contribution is 0.0758. The van der Waals surface area contributed by atoms with Crippen molar-refractivity contribution in [1.82, 2.24) is 20.4 Å². The summed E-state index contributed by atoms with van der Waals surface area (Å²) in [6, 6.07) is 1.90. The molecule has 0 bridgehead atoms. The van der Waals surface area contributed by atoms with Gasteiger partial charge in [-0.25, -0.2) is 4.98 Å². The van der Waals surface area contributed by atoms with E-state index in [1.54, 1.807) is 6.20 Å². The molecule has 25 heavy (non-hydrogen) atoms. The lowest BCUT2D eigenvalue weighted by atomic mass is 9.90. The molecule has 1 amide bonds. The Morgan fingerprint density at radius 3 is 2.56 bits per heavy atom. The van der Waals surface area contributed by atoms with Gasteiger partial charge in [-0.3, -0.25) is 4.79 Å². The minimum Gasteiger partial charge on any atom is -0.339 e. The van der Waals surface area contributed by atoms with Crippen molar-refractivity contribution in [3.63, 3.8) is 0 Å². The van der Waals surface area contributed by atoms with Crippen molar-refractivity contribution in [3.05, 3.63) is 23.5 Å². The predicted molar refractivity (Wildman–Crippen MR) is 95.5 cm³/mol. The second kappa shape index (κ2) is 6.09. The van der Waals surface area contributed by atoms with E-state index in [1.807, 2.05) is 11.0 Å². The van der Waals surface area contributed by atoms with E-state index >= 15 is 0 Å². The monoisotopic (exact) mass is 342 g/mol. The van der Waals surface area contributed by atoms with Gasteiger partial charge in [0.15, 0.2) is 0 Å². The standard InChI is InChI=1S/C19H26N4O2/c1-19(2,3)16-15-8-14(11-21-17(15)25-22-16)18(24)23-6-4-12-9-20-10-13(12)5-7-23/h8,11-13,20H,4-7,9-10H2,1-3H3/t12-,13+. The summed E-state index contributed by atoms with van der Waals surface area (Å²) in [4.78, 5) is 19.3. The molecule has 2 aliphatic rings. The van der Waals surface area contributed by atoms with Crippen LogP contribution in [0.2, 0.25) is 0 Å². The first-order valence-electron chi connectivity index (χ1n) is 9.19. The van der Waals surface area contributed by atoms with Crippen molar-refractivity contribution in [2.24, 2.45) is 11.8 Å². The van der Waals surface area contributed by atoms with Crippen molar-refractivity contribution in [3.8, 4) is 0 Å². The molecule has 2 saturated heterocycles. The topological polar surface area (TPSA) is 71.3 Å². The highest BCUT2D eigenvalue weighted by Gasteiger charge is 2.32. The van der Waals surface area contributed by atoms with E-state index in [2.05, 4.69) is 36.2 Å². The molecule has 0 unspecified atom stereocenters. The highest BCUT2D eigenvalue weighted by atomic mass is 16.5. The van der Waals surface area contributed by atoms with Gasteiger partial charge < -0.3 is 14.7 Å². The zero-order chi connectivity index (χ0) is 17.6. The number of rotatable bonds is 1. The lowest BCUT2D eigenvalue weighted by Crippen LogP contribution is -2.32. The molecule has 2 fully saturated rings. The second-order valence-corrected chi connectivity index (χ2v) is 8.41. The highest BCUT2D eigenvalue weighted by molar-refractivity contribution is 5.97. The van der Waals surface area contributed by atoms with Crippen LogP contribution in [0.1, 0.15) is 49.7 Å². The fourth-order valence-corrected chi connectivity index (χ4v) is 4.09. The first kappa shape index (κ1) is 16.5. The minimum absolute atomic E-state index is 0.0726. The Hall–Kier alpha value is -1.95. The minimum atomic E-state index is -0.151. The molecule has 134 valence electrons. The Morgan fingerprint density at radius 2 is 1.92 bits per heavy atom. The fourth-order valence-electron chi connectivity index (χ4n) is 4.09. The molecule has 2 aromatic rings. The molecule has 0 radical (unpaired) electrons. The Balaban J connectivity index is 1.59. The molecule has 4 heterocycles. The van der Waals surface area contributed by atoms with E-state index in [-0.39, 0.29) is 11.3 Å². The number of nitrogens with zero attached hydrogens (tertiary/aromatic N) is 3. The molecular weight excluding hydrogens is 316 g/mol. The van der Waals surface area contributed by atoms with E-state index in [9.17, 15) is 4.79 Å². The maximum absolute atomic E-state index is 13.0. The van der Waals surface area contributed by atoms with Gasteiger partial charge in [-0.2, -0.15) is 0 Å². The van der Waals surface area contributed by atoms with E-state index in [0.717, 1.165) is 50.1 Å². The van der Waals surface area contributed by atoms with Crippen LogP contribution in [0.3, 0.4) is 0 Å². The van der Waals surface area contributed by atoms with Crippen molar-refractivity contribution >= 4 is 17.0 Å². The van der Waals surface area contributed by atoms with Gasteiger partial charge in [0.05, 0.1) is 16.6 Å². The largest absolute Gasteiger partial charge is 0.339 e. The summed E-state index contributed by atoms with van der Waals surface area (Å²) >= 11 is 0. The number of carbonyl (C=O) groups excluding carboxylic acids is 1. The Bertz CT molecular complexity index is 778. The predicted octanol–water partition coefficient (Wildman–Crippen LogP) is 2.59. The van der Waals surface area contributed by atoms with Crippen LogP contribution < -0.4 is 5.32 Å². The lowest BCUT2D eigenvalue weighted by Gasteiger charge is -2.21. The SMILES string of the molecule is CC(C)(C)c1noc2ncc(C(=O)N3CC[C@@H]4CNC[C@@H]4CC3)cc12. The van der Waals surface area contributed by atoms with Crippen LogP contribution in [0.4, 0.5) is 0 Å². The first-order chi connectivity index (χ1) is 11.9. The number of pyridine rings is 1. The molecule has 0 aromatic carbocycles. The molecule has 2 aliphatic heterocycles. The van der Waals surface area contributed by atoms with Gasteiger partial charge in [-0.15, -0.1) is 0 Å². The zero-order valence-corrected chi connectivity index (χ0v) is 15.2. The van der Waals surface area contributed by atoms with Gasteiger partial charge in [0.2, 0.25) is 0 Å². The highest BCUT2D eigenvalue weighted by Crippen LogP contribution is 2.30. The van der Waals surface area contributed by atoms with Gasteiger partial charge in [0.25, 0.3) is 11.6 Å². The number of hydrogen-bond acceptors (Lipinski definition) is 5. The molecule has 2 aromatic heterocycles. The number of nitrogens with one attached hydrogen (secondary N) is 1. The summed E-state index contributed by atoms with van der Waals surface area (Å²) in [6.07, 6.45) is 3.79. The van der Waals surface area contributed by atoms with Crippen LogP contribution in [-0.4, -0.2) is 47.1 Å². The molecular formula is C19H26N4O2. The third kappa shape index (κ3) is 3.03. The van der Waals surface area contributed by atoms with Crippen LogP contribution >= 0.6 is 0 Å². The van der Waals surface area contributed by atoms with Crippen LogP contribution in [0.5, 0.6) is 0 Å². The fraction of sp³-hybridized carbons (Fsp3) is 0.632. The summed E-state index contributed by atoms with van der Waals surface area (Å²) in [5, 5.41) is 8.48. The van der Waals surface area contributed by atoms with Crippen LogP contribution in [0.15, 0.2) is 16.8 Å². The maximum Gasteiger partial charge on any atom is 0.257 e. The number of likely N-dealkylation sites (tertiary alicyclic amines) is 1. The Labute approximate surface area is 148 Å². The van der Waals surface area contributed by atoms with E-state index < -0.39 is 0 Å². The van der Waals surface area contributed by atoms with E-state index in [0.29, 0.717) is 23.1 Å². The van der Waals surface area contributed by atoms with Gasteiger partial charge in [0, 0.05) is 24.7 Å². The smallest absolute Gasteiger partial charge is 0.257 e. The quantitative estimate of drug-likeness (QED) is 0.862. The normalized spacial score (nSPS) is 24.4. The molecule has 4 rings (SSSR count). The molecule has 0 spiro atoms. The van der Waals surface area contributed by atoms with Crippen LogP contribution in [0, 0.1) is 11.8 Å². The van der Waals surface area contributed by atoms with Gasteiger partial charge in [-0.05, 0) is 43.8 Å². The second-order valence-electron chi connectivity index (χ2n) is 8.41. The third-order valence-corrected chi connectivity index (χ3v) is 5.59. The summed E-state index contributed by atoms with van der Waals surface area (Å²) in [5.41, 5.74) is 1.83. The van der Waals surface area contributed by atoms with Gasteiger partial charge >= 0.3 is 0 Å². The molecule has 0 saturated carbocycles. The number of amides is 1. The number of carbonyl (C=O) groups is 1. The van der Waals surface area contributed by atoms with Crippen molar-refractivity contribution in [1.29, 1.82) is 0 Å². The maximum atomic E-state index is 13.0. The van der Waals surface area contributed by atoms with E-state index in [4.69, 9.17) is 4.52 Å². The third-order valence-electron chi connectivity index (χ3n) is 5.59. The summed E-state index contributed by atoms with van der Waals surface area (Å²) < 4.78 is 5.33. The molecule has 2 atom stereocenters. The molecule has 1 N–H and O–H groups in total. The van der Waals surface area contributed by atoms with Crippen molar-refractivity contribution in [2.75, 3.05) is 26.2 Å². The van der Waals surface area contributed by atoms with Gasteiger partial charge in [-0.1, -0.05) is 25.9 Å². The average Bonchev–Trinajstić information content (AvgIpc) is 3.15. The number of hydrogen-bond donors (Lipinski definition) is 1. The molecule has 0 aliphatic carbocycles. The summed E-state index contributed by atoms with van der Waals surface area (Å²) in [7, 11) is 0. The molecule has 6 nitrogen and oxygen atoms in total. The summed E-state index contributed by atoms with van der Waals surface area (Å²) in [6.45, 7) is 10.1. The van der Waals surface area contributed by atoms with E-state index in [1.165, 1.54) is 0 Å². The van der Waals surface area contributed by atoms with Crippen molar-refractivity contribution in [2.45, 2.75) is 39.0 Å². The van der Waals surface area contributed by atoms with Crippen LogP contribution in [0.25, 0.3) is 11.1 Å². The summed E-state index contributed by atoms with van der Waals surface area (Å²) in [5.74, 6) is 1.50. The Kier molecular flexibility index (Phi) is 4.02. The van der Waals surface area contributed by atoms with Crippen LogP contribution in [-0.2, 0) is 5.41 Å². The zero-order valence-electron chi connectivity index (χ0n) is 15.2. The number of aromatic nitrogens is 2. The average molecular weight is 342 g/mol. The van der Waals surface area contributed by atoms with Crippen molar-refractivity contribution < 1.29 is 9.32 Å². The first-order valence-corrected chi connectivity index (χ1v) is 9.19. The Morgan fingerprint density at radius 1 is 1.24 bits per heavy atom.